The smallest absolute Gasteiger partial charge is 0.272 e. The number of anilines is 2. The highest BCUT2D eigenvalue weighted by Gasteiger charge is 2.19. The maximum atomic E-state index is 13.5. The lowest BCUT2D eigenvalue weighted by Gasteiger charge is -2.14. The van der Waals surface area contributed by atoms with Crippen LogP contribution in [0.2, 0.25) is 10.0 Å². The Bertz CT molecular complexity index is 1950. The number of thiazole rings is 1. The molecule has 1 heterocycles. The predicted molar refractivity (Wildman–Crippen MR) is 191 cm³/mol. The first kappa shape index (κ1) is 33.7. The molecule has 0 saturated carbocycles. The van der Waals surface area contributed by atoms with Crippen LogP contribution in [0.4, 0.5) is 10.8 Å². The molecule has 5 aromatic rings. The van der Waals surface area contributed by atoms with Gasteiger partial charge in [-0.15, -0.1) is 23.1 Å². The van der Waals surface area contributed by atoms with E-state index in [0.717, 1.165) is 10.5 Å². The maximum Gasteiger partial charge on any atom is 0.272 e. The third kappa shape index (κ3) is 8.81. The minimum atomic E-state index is -0.576. The number of hydrogen-bond acceptors (Lipinski definition) is 7. The monoisotopic (exact) mass is 702 g/mol. The molecule has 3 amide bonds. The van der Waals surface area contributed by atoms with Crippen molar-refractivity contribution >= 4 is 80.9 Å². The summed E-state index contributed by atoms with van der Waals surface area (Å²) >= 11 is 15.2. The number of hydrogen-bond donors (Lipinski definition) is 3. The summed E-state index contributed by atoms with van der Waals surface area (Å²) in [5.74, 6) is -0.573. The fourth-order valence-corrected chi connectivity index (χ4v) is 6.35. The number of carbonyl (C=O) groups is 3. The van der Waals surface area contributed by atoms with Crippen molar-refractivity contribution in [3.8, 4) is 17.0 Å². The fourth-order valence-electron chi connectivity index (χ4n) is 4.35. The zero-order valence-corrected chi connectivity index (χ0v) is 28.3. The largest absolute Gasteiger partial charge is 0.496 e. The van der Waals surface area contributed by atoms with E-state index in [4.69, 9.17) is 27.9 Å². The van der Waals surface area contributed by atoms with Crippen LogP contribution >= 0.6 is 46.3 Å². The Kier molecular flexibility index (Phi) is 11.3. The molecule has 0 spiro atoms. The van der Waals surface area contributed by atoms with E-state index in [0.29, 0.717) is 38.4 Å². The van der Waals surface area contributed by atoms with Gasteiger partial charge in [0.05, 0.1) is 28.1 Å². The number of benzene rings is 4. The van der Waals surface area contributed by atoms with Crippen LogP contribution in [0.5, 0.6) is 5.75 Å². The number of nitrogens with zero attached hydrogens (tertiary/aromatic N) is 1. The van der Waals surface area contributed by atoms with E-state index in [2.05, 4.69) is 20.9 Å². The maximum absolute atomic E-state index is 13.5. The Morgan fingerprint density at radius 1 is 0.915 bits per heavy atom. The molecule has 0 aliphatic heterocycles. The minimum Gasteiger partial charge on any atom is -0.496 e. The zero-order valence-electron chi connectivity index (χ0n) is 25.1. The molecule has 4 aromatic carbocycles. The SMILES string of the molecule is COc1ccccc1-c1csc(NC(=O)C(C)Sc2cccc(NC(=O)/C(=C\c3cccc(Cl)c3Cl)NC(=O)c3ccccc3)c2)n1. The zero-order chi connectivity index (χ0) is 33.3. The van der Waals surface area contributed by atoms with Crippen LogP contribution in [0.3, 0.4) is 0 Å². The molecule has 5 rings (SSSR count). The van der Waals surface area contributed by atoms with Gasteiger partial charge in [-0.25, -0.2) is 4.98 Å². The number of amides is 3. The average Bonchev–Trinajstić information content (AvgIpc) is 3.55. The first-order valence-electron chi connectivity index (χ1n) is 14.2. The predicted octanol–water partition coefficient (Wildman–Crippen LogP) is 8.65. The lowest BCUT2D eigenvalue weighted by atomic mass is 10.1. The van der Waals surface area contributed by atoms with Crippen molar-refractivity contribution in [2.45, 2.75) is 17.1 Å². The summed E-state index contributed by atoms with van der Waals surface area (Å²) in [6.45, 7) is 1.79. The molecule has 3 N–H and O–H groups in total. The molecular weight excluding hydrogens is 675 g/mol. The summed E-state index contributed by atoms with van der Waals surface area (Å²) in [6.07, 6.45) is 1.47. The van der Waals surface area contributed by atoms with Gasteiger partial charge >= 0.3 is 0 Å². The van der Waals surface area contributed by atoms with E-state index in [1.807, 2.05) is 35.7 Å². The van der Waals surface area contributed by atoms with Crippen LogP contribution in [0.15, 0.2) is 113 Å². The molecule has 0 saturated heterocycles. The van der Waals surface area contributed by atoms with E-state index in [-0.39, 0.29) is 16.6 Å². The van der Waals surface area contributed by atoms with Crippen LogP contribution in [0.25, 0.3) is 17.3 Å². The van der Waals surface area contributed by atoms with Crippen molar-refractivity contribution in [2.75, 3.05) is 17.7 Å². The molecule has 238 valence electrons. The molecular formula is C35H28Cl2N4O4S2. The molecule has 47 heavy (non-hydrogen) atoms. The van der Waals surface area contributed by atoms with E-state index in [1.165, 1.54) is 29.2 Å². The number of nitrogens with one attached hydrogen (secondary N) is 3. The molecule has 8 nitrogen and oxygen atoms in total. The van der Waals surface area contributed by atoms with Crippen LogP contribution in [0.1, 0.15) is 22.8 Å². The van der Waals surface area contributed by atoms with Gasteiger partial charge in [0, 0.05) is 27.1 Å². The van der Waals surface area contributed by atoms with Crippen LogP contribution in [-0.4, -0.2) is 35.1 Å². The van der Waals surface area contributed by atoms with Gasteiger partial charge in [0.2, 0.25) is 5.91 Å². The molecule has 0 aliphatic rings. The molecule has 0 aliphatic carbocycles. The Morgan fingerprint density at radius 3 is 2.45 bits per heavy atom. The summed E-state index contributed by atoms with van der Waals surface area (Å²) in [5, 5.41) is 10.8. The average molecular weight is 704 g/mol. The molecule has 0 fully saturated rings. The number of methoxy groups -OCH3 is 1. The Hall–Kier alpha value is -4.61. The number of aromatic nitrogens is 1. The van der Waals surface area contributed by atoms with Gasteiger partial charge in [0.25, 0.3) is 11.8 Å². The fraction of sp³-hybridized carbons (Fsp3) is 0.0857. The number of ether oxygens (including phenoxy) is 1. The van der Waals surface area contributed by atoms with Crippen molar-refractivity contribution in [3.63, 3.8) is 0 Å². The lowest BCUT2D eigenvalue weighted by Crippen LogP contribution is -2.30. The van der Waals surface area contributed by atoms with Crippen molar-refractivity contribution < 1.29 is 19.1 Å². The summed E-state index contributed by atoms with van der Waals surface area (Å²) in [4.78, 5) is 44.9. The number of para-hydroxylation sites is 1. The van der Waals surface area contributed by atoms with Crippen molar-refractivity contribution in [2.24, 2.45) is 0 Å². The van der Waals surface area contributed by atoms with Gasteiger partial charge in [0.1, 0.15) is 11.4 Å². The van der Waals surface area contributed by atoms with Gasteiger partial charge in [0.15, 0.2) is 5.13 Å². The van der Waals surface area contributed by atoms with Gasteiger partial charge in [-0.05, 0) is 67.1 Å². The lowest BCUT2D eigenvalue weighted by molar-refractivity contribution is -0.115. The highest BCUT2D eigenvalue weighted by molar-refractivity contribution is 8.00. The first-order valence-corrected chi connectivity index (χ1v) is 16.7. The van der Waals surface area contributed by atoms with E-state index in [1.54, 1.807) is 80.8 Å². The second kappa shape index (κ2) is 15.8. The molecule has 1 unspecified atom stereocenters. The Balaban J connectivity index is 1.27. The summed E-state index contributed by atoms with van der Waals surface area (Å²) in [5.41, 5.74) is 2.80. The molecule has 1 aromatic heterocycles. The molecule has 1 atom stereocenters. The van der Waals surface area contributed by atoms with Crippen LogP contribution < -0.4 is 20.7 Å². The number of halogens is 2. The third-order valence-electron chi connectivity index (χ3n) is 6.70. The summed E-state index contributed by atoms with van der Waals surface area (Å²) in [6, 6.07) is 28.2. The summed E-state index contributed by atoms with van der Waals surface area (Å²) < 4.78 is 5.43. The topological polar surface area (TPSA) is 109 Å². The van der Waals surface area contributed by atoms with Crippen LogP contribution in [-0.2, 0) is 9.59 Å². The molecule has 0 radical (unpaired) electrons. The van der Waals surface area contributed by atoms with E-state index >= 15 is 0 Å². The minimum absolute atomic E-state index is 0.0373. The normalized spacial score (nSPS) is 11.8. The van der Waals surface area contributed by atoms with E-state index in [9.17, 15) is 14.4 Å². The Labute approximate surface area is 290 Å². The van der Waals surface area contributed by atoms with Gasteiger partial charge < -0.3 is 20.7 Å². The second-order valence-electron chi connectivity index (χ2n) is 9.99. The van der Waals surface area contributed by atoms with Crippen LogP contribution in [0, 0.1) is 0 Å². The third-order valence-corrected chi connectivity index (χ3v) is 9.39. The van der Waals surface area contributed by atoms with E-state index < -0.39 is 17.1 Å². The molecule has 0 bridgehead atoms. The van der Waals surface area contributed by atoms with Crippen molar-refractivity contribution in [1.82, 2.24) is 10.3 Å². The number of carbonyl (C=O) groups excluding carboxylic acids is 3. The highest BCUT2D eigenvalue weighted by Crippen LogP contribution is 2.33. The highest BCUT2D eigenvalue weighted by atomic mass is 35.5. The Morgan fingerprint density at radius 2 is 1.66 bits per heavy atom. The second-order valence-corrected chi connectivity index (χ2v) is 13.0. The molecule has 12 heteroatoms. The standard InChI is InChI=1S/C35H28Cl2N4O4S2/c1-21(32(42)41-35-40-29(20-46-35)26-15-6-7-17-30(26)45-2)47-25-14-9-13-24(19-25)38-34(44)28(18-23-12-8-16-27(36)31(23)37)39-33(43)22-10-4-3-5-11-22/h3-21H,1-2H3,(H,38,44)(H,39,43)(H,40,41,42)/b28-18+. The van der Waals surface area contributed by atoms with Crippen molar-refractivity contribution in [3.05, 3.63) is 129 Å². The van der Waals surface area contributed by atoms with Gasteiger partial charge in [-0.2, -0.15) is 0 Å². The summed E-state index contributed by atoms with van der Waals surface area (Å²) in [7, 11) is 1.60. The number of thioether (sulfide) groups is 1. The van der Waals surface area contributed by atoms with Crippen molar-refractivity contribution in [1.29, 1.82) is 0 Å². The van der Waals surface area contributed by atoms with Gasteiger partial charge in [-0.3, -0.25) is 14.4 Å². The number of rotatable bonds is 11. The first-order chi connectivity index (χ1) is 22.7. The van der Waals surface area contributed by atoms with Gasteiger partial charge in [-0.1, -0.05) is 71.7 Å². The quantitative estimate of drug-likeness (QED) is 0.0939.